The molecule has 0 aliphatic carbocycles. The normalized spacial score (nSPS) is 12.7. The topological polar surface area (TPSA) is 9.23 Å². The molecule has 0 fully saturated rings. The molecule has 0 heterocycles. The van der Waals surface area contributed by atoms with Crippen molar-refractivity contribution in [1.82, 2.24) is 0 Å². The highest BCUT2D eigenvalue weighted by Crippen LogP contribution is 2.39. The quantitative estimate of drug-likeness (QED) is 0.179. The molecule has 1 nitrogen and oxygen atoms in total. The second-order valence-electron chi connectivity index (χ2n) is 9.32. The number of benzene rings is 4. The average Bonchev–Trinajstić information content (AvgIpc) is 2.91. The third-order valence-corrected chi connectivity index (χ3v) is 6.28. The van der Waals surface area contributed by atoms with Gasteiger partial charge in [0.05, 0.1) is 11.1 Å². The van der Waals surface area contributed by atoms with E-state index in [1.165, 1.54) is 36.4 Å². The third kappa shape index (κ3) is 6.84. The van der Waals surface area contributed by atoms with Crippen LogP contribution >= 0.6 is 0 Å². The van der Waals surface area contributed by atoms with E-state index in [4.69, 9.17) is 0 Å². The first kappa shape index (κ1) is 31.6. The molecule has 0 unspecified atom stereocenters. The lowest BCUT2D eigenvalue weighted by Gasteiger charge is -2.19. The van der Waals surface area contributed by atoms with Crippen molar-refractivity contribution in [1.29, 1.82) is 0 Å². The first-order chi connectivity index (χ1) is 20.1. The van der Waals surface area contributed by atoms with Gasteiger partial charge in [0.15, 0.2) is 5.83 Å². The maximum absolute atomic E-state index is 14.7. The van der Waals surface area contributed by atoms with E-state index in [1.807, 2.05) is 0 Å². The number of allylic oxidation sites excluding steroid dienone is 1. The van der Waals surface area contributed by atoms with Gasteiger partial charge in [-0.1, -0.05) is 43.3 Å². The van der Waals surface area contributed by atoms with Gasteiger partial charge in [0.2, 0.25) is 0 Å². The van der Waals surface area contributed by atoms with E-state index in [2.05, 4.69) is 4.74 Å². The number of hydrogen-bond donors (Lipinski definition) is 0. The highest BCUT2D eigenvalue weighted by molar-refractivity contribution is 5.73. The van der Waals surface area contributed by atoms with Gasteiger partial charge < -0.3 is 4.74 Å². The van der Waals surface area contributed by atoms with Crippen LogP contribution in [0.3, 0.4) is 0 Å². The van der Waals surface area contributed by atoms with Gasteiger partial charge in [0.25, 0.3) is 0 Å². The van der Waals surface area contributed by atoms with Gasteiger partial charge in [-0.15, -0.1) is 0 Å². The van der Waals surface area contributed by atoms with Crippen LogP contribution in [-0.4, -0.2) is 0 Å². The van der Waals surface area contributed by atoms with Gasteiger partial charge in [-0.05, 0) is 47.4 Å². The van der Waals surface area contributed by atoms with Crippen LogP contribution in [0.5, 0.6) is 5.75 Å². The predicted molar refractivity (Wildman–Crippen MR) is 137 cm³/mol. The number of hydrogen-bond acceptors (Lipinski definition) is 1. The summed E-state index contributed by atoms with van der Waals surface area (Å²) in [5.41, 5.74) is -3.30. The molecule has 0 aromatic heterocycles. The number of ether oxygens (including phenoxy) is 1. The first-order valence-electron chi connectivity index (χ1n) is 12.5. The van der Waals surface area contributed by atoms with E-state index < -0.39 is 75.2 Å². The van der Waals surface area contributed by atoms with E-state index in [9.17, 15) is 48.3 Å². The molecule has 12 heteroatoms. The minimum absolute atomic E-state index is 0.00705. The fourth-order valence-electron chi connectivity index (χ4n) is 4.23. The lowest BCUT2D eigenvalue weighted by Crippen LogP contribution is -2.22. The molecule has 226 valence electrons. The summed E-state index contributed by atoms with van der Waals surface area (Å²) >= 11 is 0. The summed E-state index contributed by atoms with van der Waals surface area (Å²) < 4.78 is 157. The molecule has 0 N–H and O–H groups in total. The molecule has 0 spiro atoms. The molecule has 4 rings (SSSR count). The molecule has 0 amide bonds. The van der Waals surface area contributed by atoms with E-state index in [1.54, 1.807) is 6.92 Å². The van der Waals surface area contributed by atoms with E-state index in [0.717, 1.165) is 12.1 Å². The summed E-state index contributed by atoms with van der Waals surface area (Å²) in [6, 6.07) is 11.0. The van der Waals surface area contributed by atoms with Crippen molar-refractivity contribution < 1.29 is 53.0 Å². The average molecular weight is 616 g/mol. The van der Waals surface area contributed by atoms with Crippen LogP contribution < -0.4 is 4.74 Å². The Balaban J connectivity index is 1.54. The molecule has 4 aromatic carbocycles. The fraction of sp³-hybridized carbons (Fsp3) is 0.161. The summed E-state index contributed by atoms with van der Waals surface area (Å²) in [4.78, 5) is 0. The van der Waals surface area contributed by atoms with Gasteiger partial charge in [0.1, 0.15) is 40.4 Å². The highest BCUT2D eigenvalue weighted by Gasteiger charge is 2.40. The zero-order chi connectivity index (χ0) is 31.7. The predicted octanol–water partition coefficient (Wildman–Crippen LogP) is 11.1. The van der Waals surface area contributed by atoms with Crippen molar-refractivity contribution in [2.45, 2.75) is 32.1 Å². The lowest BCUT2D eigenvalue weighted by atomic mass is 9.97. The van der Waals surface area contributed by atoms with Gasteiger partial charge in [-0.3, -0.25) is 0 Å². The Bertz CT molecular complexity index is 1610. The molecule has 0 aliphatic heterocycles. The summed E-state index contributed by atoms with van der Waals surface area (Å²) in [7, 11) is 0. The monoisotopic (exact) mass is 616 g/mol. The molecular weight excluding hydrogens is 597 g/mol. The van der Waals surface area contributed by atoms with Gasteiger partial charge in [0, 0.05) is 24.1 Å². The van der Waals surface area contributed by atoms with Crippen LogP contribution in [-0.2, 0) is 12.3 Å². The van der Waals surface area contributed by atoms with Crippen LogP contribution in [0.1, 0.15) is 36.5 Å². The molecule has 0 radical (unpaired) electrons. The summed E-state index contributed by atoms with van der Waals surface area (Å²) in [5, 5.41) is 0. The van der Waals surface area contributed by atoms with E-state index in [0.29, 0.717) is 29.7 Å². The maximum atomic E-state index is 14.7. The molecule has 0 saturated carbocycles. The SMILES string of the molecule is CCCC(F)=C(F)c1cc(F)c(-c2ccc(-c3ccc(C(F)(F)Oc4cc(F)c(C(F)(F)F)c(F)c4)cc3)cc2)c(F)c1. The molecule has 0 atom stereocenters. The number of halogens is 11. The van der Waals surface area contributed by atoms with Crippen LogP contribution in [0.15, 0.2) is 78.6 Å². The van der Waals surface area contributed by atoms with Crippen molar-refractivity contribution in [2.75, 3.05) is 0 Å². The molecule has 0 saturated heterocycles. The Morgan fingerprint density at radius 2 is 1.12 bits per heavy atom. The second-order valence-corrected chi connectivity index (χ2v) is 9.32. The van der Waals surface area contributed by atoms with Crippen molar-refractivity contribution in [3.05, 3.63) is 119 Å². The van der Waals surface area contributed by atoms with Crippen molar-refractivity contribution in [2.24, 2.45) is 0 Å². The minimum Gasteiger partial charge on any atom is -0.429 e. The largest absolute Gasteiger partial charge is 0.429 e. The Hall–Kier alpha value is -4.35. The summed E-state index contributed by atoms with van der Waals surface area (Å²) in [5.74, 6) is -10.2. The Morgan fingerprint density at radius 3 is 1.58 bits per heavy atom. The molecular formula is C31H19F11O. The number of alkyl halides is 5. The fourth-order valence-corrected chi connectivity index (χ4v) is 4.23. The Morgan fingerprint density at radius 1 is 0.651 bits per heavy atom. The summed E-state index contributed by atoms with van der Waals surface area (Å²) in [6.45, 7) is 1.61. The van der Waals surface area contributed by atoms with Crippen molar-refractivity contribution in [3.8, 4) is 28.0 Å². The van der Waals surface area contributed by atoms with Crippen LogP contribution in [0, 0.1) is 23.3 Å². The molecule has 4 aromatic rings. The standard InChI is InChI=1S/C31H19F11O/c1-2-3-22(32)29(37)19-12-23(33)27(24(34)13-19)18-6-4-16(5-7-18)17-8-10-20(11-9-17)31(41,42)43-21-14-25(35)28(26(36)15-21)30(38,39)40/h4-15H,2-3H2,1H3. The van der Waals surface area contributed by atoms with Gasteiger partial charge in [-0.25, -0.2) is 26.3 Å². The molecule has 0 aliphatic rings. The zero-order valence-electron chi connectivity index (χ0n) is 21.9. The van der Waals surface area contributed by atoms with E-state index >= 15 is 0 Å². The smallest absolute Gasteiger partial charge is 0.426 e. The molecule has 43 heavy (non-hydrogen) atoms. The highest BCUT2D eigenvalue weighted by atomic mass is 19.4. The first-order valence-corrected chi connectivity index (χ1v) is 12.5. The van der Waals surface area contributed by atoms with Crippen molar-refractivity contribution in [3.63, 3.8) is 0 Å². The second kappa shape index (κ2) is 12.1. The number of rotatable bonds is 8. The Kier molecular flexibility index (Phi) is 8.89. The van der Waals surface area contributed by atoms with Crippen molar-refractivity contribution >= 4 is 5.83 Å². The van der Waals surface area contributed by atoms with Crippen LogP contribution in [0.2, 0.25) is 0 Å². The van der Waals surface area contributed by atoms with Crippen LogP contribution in [0.25, 0.3) is 28.1 Å². The van der Waals surface area contributed by atoms with Gasteiger partial charge in [-0.2, -0.15) is 22.0 Å². The van der Waals surface area contributed by atoms with E-state index in [-0.39, 0.29) is 24.1 Å². The Labute approximate surface area is 237 Å². The minimum atomic E-state index is -5.39. The lowest BCUT2D eigenvalue weighted by molar-refractivity contribution is -0.185. The zero-order valence-corrected chi connectivity index (χ0v) is 21.9. The van der Waals surface area contributed by atoms with Crippen LogP contribution in [0.4, 0.5) is 48.3 Å². The van der Waals surface area contributed by atoms with Gasteiger partial charge >= 0.3 is 12.3 Å². The molecule has 0 bridgehead atoms. The maximum Gasteiger partial charge on any atom is 0.426 e. The third-order valence-electron chi connectivity index (χ3n) is 6.28. The summed E-state index contributed by atoms with van der Waals surface area (Å²) in [6.07, 6.45) is -9.53.